The van der Waals surface area contributed by atoms with Gasteiger partial charge in [0, 0.05) is 61.5 Å². The molecule has 2 spiro atoms. The lowest BCUT2D eigenvalue weighted by atomic mass is 9.48. The third-order valence-electron chi connectivity index (χ3n) is 16.6. The summed E-state index contributed by atoms with van der Waals surface area (Å²) in [6.07, 6.45) is 8.83. The molecule has 6 fully saturated rings. The molecule has 4 aliphatic heterocycles. The molecule has 6 unspecified atom stereocenters. The van der Waals surface area contributed by atoms with Crippen molar-refractivity contribution in [1.29, 1.82) is 0 Å². The van der Waals surface area contributed by atoms with Crippen molar-refractivity contribution in [2.24, 2.45) is 11.8 Å². The molecule has 292 valence electrons. The topological polar surface area (TPSA) is 134 Å². The average Bonchev–Trinajstić information content (AvgIpc) is 4.03. The number of ketones is 2. The number of piperidine rings is 2. The van der Waals surface area contributed by atoms with Crippen LogP contribution >= 0.6 is 0 Å². The van der Waals surface area contributed by atoms with Crippen molar-refractivity contribution in [1.82, 2.24) is 0 Å². The molecule has 10 nitrogen and oxygen atoms in total. The molecule has 4 saturated carbocycles. The molecule has 12 rings (SSSR count). The highest BCUT2D eigenvalue weighted by molar-refractivity contribution is 5.90. The van der Waals surface area contributed by atoms with Crippen molar-refractivity contribution < 1.29 is 48.5 Å². The van der Waals surface area contributed by atoms with Crippen molar-refractivity contribution in [2.45, 2.75) is 138 Å². The van der Waals surface area contributed by atoms with Crippen LogP contribution in [0.3, 0.4) is 0 Å². The van der Waals surface area contributed by atoms with Gasteiger partial charge in [0.15, 0.2) is 46.8 Å². The Morgan fingerprint density at radius 3 is 1.41 bits per heavy atom. The van der Waals surface area contributed by atoms with E-state index >= 15 is 0 Å². The van der Waals surface area contributed by atoms with Gasteiger partial charge < -0.3 is 38.9 Å². The maximum absolute atomic E-state index is 12.8. The van der Waals surface area contributed by atoms with Crippen LogP contribution in [-0.4, -0.2) is 117 Å². The first-order chi connectivity index (χ1) is 24.8. The highest BCUT2D eigenvalue weighted by Crippen LogP contribution is 2.67. The van der Waals surface area contributed by atoms with Crippen LogP contribution in [0.4, 0.5) is 0 Å². The van der Waals surface area contributed by atoms with Gasteiger partial charge in [-0.3, -0.25) is 9.59 Å². The number of carbonyl (C=O) groups excluding carboxylic acids is 2. The van der Waals surface area contributed by atoms with Crippen LogP contribution in [-0.2, 0) is 33.3 Å². The van der Waals surface area contributed by atoms with E-state index in [-0.39, 0.29) is 50.0 Å². The molecular formula is C44H60N2O8+2. The van der Waals surface area contributed by atoms with Crippen LogP contribution < -0.4 is 9.47 Å². The number of hydrogen-bond donors (Lipinski definition) is 4. The number of phenols is 2. The van der Waals surface area contributed by atoms with E-state index in [1.165, 1.54) is 25.7 Å². The predicted octanol–water partition coefficient (Wildman–Crippen LogP) is 4.61. The van der Waals surface area contributed by atoms with Crippen LogP contribution in [0.5, 0.6) is 23.0 Å². The first-order valence-corrected chi connectivity index (χ1v) is 20.0. The summed E-state index contributed by atoms with van der Waals surface area (Å²) in [5, 5.41) is 45.1. The number of phenolic OH excluding ortho intramolecular Hbond substituents is 2. The Balaban J connectivity index is 0.000000137. The lowest BCUT2D eigenvalue weighted by Crippen LogP contribution is -2.80. The predicted molar refractivity (Wildman–Crippen MR) is 202 cm³/mol. The minimum atomic E-state index is -0.931. The highest BCUT2D eigenvalue weighted by atomic mass is 16.5. The largest absolute Gasteiger partial charge is 0.504 e. The van der Waals surface area contributed by atoms with Gasteiger partial charge in [-0.15, -0.1) is 0 Å². The summed E-state index contributed by atoms with van der Waals surface area (Å²) in [6.45, 7) is 4.18. The van der Waals surface area contributed by atoms with Gasteiger partial charge in [0.1, 0.15) is 23.3 Å². The summed E-state index contributed by atoms with van der Waals surface area (Å²) in [5.74, 6) is 2.84. The fourth-order valence-corrected chi connectivity index (χ4v) is 13.9. The Labute approximate surface area is 319 Å². The smallest absolute Gasteiger partial charge is 0.174 e. The summed E-state index contributed by atoms with van der Waals surface area (Å²) < 4.78 is 14.0. The fraction of sp³-hybridized carbons (Fsp3) is 0.682. The quantitative estimate of drug-likeness (QED) is 0.334. The molecule has 10 atom stereocenters. The van der Waals surface area contributed by atoms with E-state index in [0.29, 0.717) is 37.2 Å². The second-order valence-corrected chi connectivity index (χ2v) is 19.2. The van der Waals surface area contributed by atoms with Crippen LogP contribution in [0, 0.1) is 11.8 Å². The highest BCUT2D eigenvalue weighted by Gasteiger charge is 2.78. The SMILES string of the molecule is C.C.C[N@+]1(CC2CC2)CC[C@@]23c4c5ccc(O)c4OC2C(=O)CCC3(O)C1C5.C[N@@+]1(CC2CC2)CC[C@@]23c4c5ccc(O)c4OC2C(=O)CCC3(O)C1C5. The summed E-state index contributed by atoms with van der Waals surface area (Å²) >= 11 is 0. The summed E-state index contributed by atoms with van der Waals surface area (Å²) in [5.41, 5.74) is 0.985. The Bertz CT molecular complexity index is 1840. The van der Waals surface area contributed by atoms with E-state index < -0.39 is 34.2 Å². The third-order valence-corrected chi connectivity index (χ3v) is 16.6. The Morgan fingerprint density at radius 1 is 0.648 bits per heavy atom. The standard InChI is InChI=1S/2C21H25NO4.2CH4/c2*1-22(11-12-2-3-12)9-8-20-17-13-4-5-14(23)18(17)26-19(20)15(24)6-7-21(20,25)16(22)10-13;;/h2*4-5,12,16,19,25H,2-3,6-11H2,1H3;2*1H4/p+2/t16?,19?,20-,21?,22+;16?,19?,20-,21?,22-;;/m11../s1. The molecule has 2 saturated heterocycles. The van der Waals surface area contributed by atoms with Gasteiger partial charge in [0.25, 0.3) is 0 Å². The van der Waals surface area contributed by atoms with Crippen LogP contribution in [0.2, 0.25) is 0 Å². The molecule has 0 radical (unpaired) electrons. The summed E-state index contributed by atoms with van der Waals surface area (Å²) in [7, 11) is 4.61. The van der Waals surface area contributed by atoms with Gasteiger partial charge >= 0.3 is 0 Å². The normalized spacial score (nSPS) is 43.6. The fourth-order valence-electron chi connectivity index (χ4n) is 13.9. The van der Waals surface area contributed by atoms with Gasteiger partial charge in [0.05, 0.1) is 51.1 Å². The zero-order valence-electron chi connectivity index (χ0n) is 30.4. The Morgan fingerprint density at radius 2 is 1.04 bits per heavy atom. The monoisotopic (exact) mass is 744 g/mol. The molecule has 4 N–H and O–H groups in total. The van der Waals surface area contributed by atoms with E-state index in [4.69, 9.17) is 9.47 Å². The molecule has 4 bridgehead atoms. The molecule has 0 amide bonds. The van der Waals surface area contributed by atoms with Crippen molar-refractivity contribution in [2.75, 3.05) is 40.3 Å². The van der Waals surface area contributed by atoms with E-state index in [2.05, 4.69) is 14.1 Å². The van der Waals surface area contributed by atoms with Gasteiger partial charge in [-0.1, -0.05) is 27.0 Å². The molecule has 54 heavy (non-hydrogen) atoms. The maximum Gasteiger partial charge on any atom is 0.174 e. The first-order valence-electron chi connectivity index (χ1n) is 20.0. The van der Waals surface area contributed by atoms with Crippen molar-refractivity contribution in [3.05, 3.63) is 46.5 Å². The number of ether oxygens (including phenoxy) is 2. The molecule has 10 heteroatoms. The molecule has 2 aromatic rings. The first kappa shape index (κ1) is 36.5. The Hall–Kier alpha value is -3.18. The molecule has 0 aromatic heterocycles. The maximum atomic E-state index is 12.8. The average molecular weight is 745 g/mol. The van der Waals surface area contributed by atoms with Crippen LogP contribution in [0.1, 0.15) is 101 Å². The number of aliphatic hydroxyl groups is 2. The van der Waals surface area contributed by atoms with Gasteiger partial charge in [0.2, 0.25) is 0 Å². The summed E-state index contributed by atoms with van der Waals surface area (Å²) in [4.78, 5) is 25.6. The third kappa shape index (κ3) is 4.21. The number of rotatable bonds is 4. The molecule has 6 aliphatic carbocycles. The summed E-state index contributed by atoms with van der Waals surface area (Å²) in [6, 6.07) is 7.55. The van der Waals surface area contributed by atoms with Gasteiger partial charge in [-0.2, -0.15) is 0 Å². The zero-order valence-corrected chi connectivity index (χ0v) is 30.4. The Kier molecular flexibility index (Phi) is 7.58. The van der Waals surface area contributed by atoms with Crippen molar-refractivity contribution in [3.8, 4) is 23.0 Å². The molecule has 10 aliphatic rings. The van der Waals surface area contributed by atoms with E-state index in [1.54, 1.807) is 12.1 Å². The number of carbonyl (C=O) groups is 2. The number of nitrogens with zero attached hydrogens (tertiary/aromatic N) is 2. The number of hydrogen-bond acceptors (Lipinski definition) is 8. The second-order valence-electron chi connectivity index (χ2n) is 19.2. The number of likely N-dealkylation sites (tertiary alicyclic amines) is 2. The van der Waals surface area contributed by atoms with E-state index in [0.717, 1.165) is 94.9 Å². The lowest BCUT2D eigenvalue weighted by Gasteiger charge is -2.64. The van der Waals surface area contributed by atoms with Gasteiger partial charge in [-0.25, -0.2) is 0 Å². The van der Waals surface area contributed by atoms with Crippen LogP contribution in [0.25, 0.3) is 0 Å². The number of benzene rings is 2. The van der Waals surface area contributed by atoms with Crippen LogP contribution in [0.15, 0.2) is 24.3 Å². The van der Waals surface area contributed by atoms with Gasteiger partial charge in [-0.05, 0) is 61.8 Å². The number of aromatic hydroxyl groups is 2. The lowest BCUT2D eigenvalue weighted by molar-refractivity contribution is -0.950. The van der Waals surface area contributed by atoms with Crippen molar-refractivity contribution >= 4 is 11.6 Å². The number of Topliss-reactive ketones (excluding diaryl/α,β-unsaturated/α-hetero) is 2. The molecule has 2 aromatic carbocycles. The minimum Gasteiger partial charge on any atom is -0.504 e. The minimum absolute atomic E-state index is 0. The second kappa shape index (κ2) is 11.2. The number of quaternary nitrogens is 2. The van der Waals surface area contributed by atoms with E-state index in [9.17, 15) is 30.0 Å². The van der Waals surface area contributed by atoms with E-state index in [1.807, 2.05) is 12.1 Å². The molecule has 4 heterocycles. The molecular weight excluding hydrogens is 684 g/mol. The number of likely N-dealkylation sites (N-methyl/N-ethyl adjacent to an activating group) is 2. The zero-order chi connectivity index (χ0) is 35.8. The van der Waals surface area contributed by atoms with Crippen molar-refractivity contribution in [3.63, 3.8) is 0 Å².